The Hall–Kier alpha value is -5.38. The smallest absolute Gasteiger partial charge is 0.0656 e. The molecule has 0 radical (unpaired) electrons. The maximum Gasteiger partial charge on any atom is 0.0656 e. The van der Waals surface area contributed by atoms with Gasteiger partial charge < -0.3 is 9.13 Å². The van der Waals surface area contributed by atoms with Crippen molar-refractivity contribution in [1.29, 1.82) is 0 Å². The Morgan fingerprint density at radius 2 is 0.822 bits per heavy atom. The highest BCUT2D eigenvalue weighted by Crippen LogP contribution is 2.43. The first-order chi connectivity index (χ1) is 22.3. The van der Waals surface area contributed by atoms with Crippen LogP contribution >= 0.6 is 15.9 Å². The molecule has 0 atom stereocenters. The van der Waals surface area contributed by atoms with Crippen molar-refractivity contribution in [1.82, 2.24) is 9.13 Å². The lowest BCUT2D eigenvalue weighted by atomic mass is 10.0. The molecule has 3 heteroatoms. The number of benzene rings is 8. The van der Waals surface area contributed by atoms with Gasteiger partial charge in [0.15, 0.2) is 0 Å². The summed E-state index contributed by atoms with van der Waals surface area (Å²) in [5.41, 5.74) is 7.03. The van der Waals surface area contributed by atoms with Gasteiger partial charge in [0.05, 0.1) is 37.9 Å². The number of hydrogen-bond acceptors (Lipinski definition) is 0. The SMILES string of the molecule is Brc1c(-n2c3ccccc3c3c4ccccc4ccc32)cccc1-n1c2cc3ccccc3cc2c2c3ccccc3ccc21. The van der Waals surface area contributed by atoms with Gasteiger partial charge >= 0.3 is 0 Å². The molecule has 0 N–H and O–H groups in total. The van der Waals surface area contributed by atoms with Crippen LogP contribution in [-0.2, 0) is 0 Å². The van der Waals surface area contributed by atoms with Crippen LogP contribution in [0.15, 0.2) is 156 Å². The second-order valence-corrected chi connectivity index (χ2v) is 12.7. The van der Waals surface area contributed by atoms with Gasteiger partial charge in [-0.05, 0) is 90.7 Å². The molecular weight excluding hydrogens is 612 g/mol. The minimum atomic E-state index is 1.06. The van der Waals surface area contributed by atoms with E-state index in [1.54, 1.807) is 0 Å². The molecule has 0 amide bonds. The fourth-order valence-corrected chi connectivity index (χ4v) is 8.20. The van der Waals surface area contributed by atoms with Gasteiger partial charge in [-0.1, -0.05) is 109 Å². The summed E-state index contributed by atoms with van der Waals surface area (Å²) in [6.07, 6.45) is 0. The fourth-order valence-electron chi connectivity index (χ4n) is 7.58. The molecule has 0 fully saturated rings. The highest BCUT2D eigenvalue weighted by atomic mass is 79.9. The molecule has 8 aromatic carbocycles. The first-order valence-corrected chi connectivity index (χ1v) is 16.1. The van der Waals surface area contributed by atoms with E-state index in [4.69, 9.17) is 0 Å². The third-order valence-electron chi connectivity index (χ3n) is 9.52. The van der Waals surface area contributed by atoms with E-state index in [2.05, 4.69) is 177 Å². The lowest BCUT2D eigenvalue weighted by molar-refractivity contribution is 1.12. The standard InChI is InChI=1S/C42H25BrN2/c43-42-37(44-34-17-8-7-16-32(34)40-30-14-5-3-10-26(30)20-22-35(40)44)18-9-19-38(42)45-36-23-21-27-11-4-6-15-31(27)41(36)33-24-28-12-1-2-13-29(28)25-39(33)45/h1-25H. The number of hydrogen-bond donors (Lipinski definition) is 0. The van der Waals surface area contributed by atoms with Crippen molar-refractivity contribution in [2.24, 2.45) is 0 Å². The van der Waals surface area contributed by atoms with E-state index in [-0.39, 0.29) is 0 Å². The van der Waals surface area contributed by atoms with Gasteiger partial charge in [0, 0.05) is 21.5 Å². The molecule has 0 aliphatic rings. The van der Waals surface area contributed by atoms with Crippen molar-refractivity contribution in [2.45, 2.75) is 0 Å². The van der Waals surface area contributed by atoms with E-state index < -0.39 is 0 Å². The zero-order valence-corrected chi connectivity index (χ0v) is 25.8. The summed E-state index contributed by atoms with van der Waals surface area (Å²) in [6, 6.07) is 55.3. The number of halogens is 1. The van der Waals surface area contributed by atoms with Crippen molar-refractivity contribution in [3.63, 3.8) is 0 Å². The molecular formula is C42H25BrN2. The Kier molecular flexibility index (Phi) is 5.17. The van der Waals surface area contributed by atoms with Crippen LogP contribution < -0.4 is 0 Å². The average molecular weight is 638 g/mol. The first kappa shape index (κ1) is 25.0. The molecule has 0 unspecified atom stereocenters. The van der Waals surface area contributed by atoms with Gasteiger partial charge in [-0.25, -0.2) is 0 Å². The maximum atomic E-state index is 4.17. The summed E-state index contributed by atoms with van der Waals surface area (Å²) in [4.78, 5) is 0. The second-order valence-electron chi connectivity index (χ2n) is 11.9. The van der Waals surface area contributed by atoms with Crippen LogP contribution in [0.4, 0.5) is 0 Å². The van der Waals surface area contributed by atoms with Crippen molar-refractivity contribution in [3.8, 4) is 11.4 Å². The fraction of sp³-hybridized carbons (Fsp3) is 0. The third-order valence-corrected chi connectivity index (χ3v) is 10.3. The summed E-state index contributed by atoms with van der Waals surface area (Å²) in [5.74, 6) is 0. The Morgan fingerprint density at radius 1 is 0.333 bits per heavy atom. The predicted molar refractivity (Wildman–Crippen MR) is 195 cm³/mol. The molecule has 0 saturated heterocycles. The van der Waals surface area contributed by atoms with Crippen molar-refractivity contribution < 1.29 is 0 Å². The van der Waals surface area contributed by atoms with E-state index in [9.17, 15) is 0 Å². The summed E-state index contributed by atoms with van der Waals surface area (Å²) in [6.45, 7) is 0. The Bertz CT molecular complexity index is 2830. The molecule has 2 heterocycles. The van der Waals surface area contributed by atoms with Crippen LogP contribution in [-0.4, -0.2) is 9.13 Å². The predicted octanol–water partition coefficient (Wildman–Crippen LogP) is 12.1. The Balaban J connectivity index is 1.34. The highest BCUT2D eigenvalue weighted by Gasteiger charge is 2.21. The molecule has 10 aromatic rings. The number of fused-ring (bicyclic) bond motifs is 11. The molecule has 0 aliphatic carbocycles. The monoisotopic (exact) mass is 636 g/mol. The average Bonchev–Trinajstić information content (AvgIpc) is 3.60. The molecule has 0 saturated carbocycles. The largest absolute Gasteiger partial charge is 0.308 e. The number of aromatic nitrogens is 2. The minimum absolute atomic E-state index is 1.06. The molecule has 0 bridgehead atoms. The van der Waals surface area contributed by atoms with E-state index >= 15 is 0 Å². The molecule has 0 aliphatic heterocycles. The van der Waals surface area contributed by atoms with E-state index in [1.807, 2.05) is 0 Å². The zero-order valence-electron chi connectivity index (χ0n) is 24.2. The van der Waals surface area contributed by atoms with Gasteiger partial charge in [0.25, 0.3) is 0 Å². The van der Waals surface area contributed by atoms with E-state index in [0.29, 0.717) is 0 Å². The summed E-state index contributed by atoms with van der Waals surface area (Å²) < 4.78 is 5.92. The Morgan fingerprint density at radius 3 is 1.47 bits per heavy atom. The molecule has 10 rings (SSSR count). The van der Waals surface area contributed by atoms with Gasteiger partial charge in [-0.3, -0.25) is 0 Å². The van der Waals surface area contributed by atoms with Crippen molar-refractivity contribution in [2.75, 3.05) is 0 Å². The zero-order chi connectivity index (χ0) is 29.6. The van der Waals surface area contributed by atoms with Crippen LogP contribution in [0.5, 0.6) is 0 Å². The highest BCUT2D eigenvalue weighted by molar-refractivity contribution is 9.10. The lowest BCUT2D eigenvalue weighted by Gasteiger charge is -2.16. The van der Waals surface area contributed by atoms with Crippen LogP contribution in [0.1, 0.15) is 0 Å². The van der Waals surface area contributed by atoms with Crippen molar-refractivity contribution >= 4 is 91.9 Å². The molecule has 0 spiro atoms. The summed E-state index contributed by atoms with van der Waals surface area (Å²) in [5, 5.41) is 12.6. The summed E-state index contributed by atoms with van der Waals surface area (Å²) in [7, 11) is 0. The third kappa shape index (κ3) is 3.44. The Labute approximate surface area is 267 Å². The number of rotatable bonds is 2. The second kappa shape index (κ2) is 9.31. The molecule has 2 nitrogen and oxygen atoms in total. The van der Waals surface area contributed by atoms with Gasteiger partial charge in [0.2, 0.25) is 0 Å². The van der Waals surface area contributed by atoms with E-state index in [1.165, 1.54) is 75.9 Å². The van der Waals surface area contributed by atoms with Crippen LogP contribution in [0.25, 0.3) is 87.3 Å². The van der Waals surface area contributed by atoms with Gasteiger partial charge in [-0.2, -0.15) is 0 Å². The van der Waals surface area contributed by atoms with Gasteiger partial charge in [0.1, 0.15) is 0 Å². The molecule has 210 valence electrons. The normalized spacial score (nSPS) is 12.1. The van der Waals surface area contributed by atoms with Crippen LogP contribution in [0.3, 0.4) is 0 Å². The van der Waals surface area contributed by atoms with Crippen LogP contribution in [0.2, 0.25) is 0 Å². The molecule has 45 heavy (non-hydrogen) atoms. The van der Waals surface area contributed by atoms with Crippen molar-refractivity contribution in [3.05, 3.63) is 156 Å². The number of para-hydroxylation sites is 1. The number of nitrogens with zero attached hydrogens (tertiary/aromatic N) is 2. The summed E-state index contributed by atoms with van der Waals surface area (Å²) >= 11 is 4.17. The first-order valence-electron chi connectivity index (χ1n) is 15.3. The van der Waals surface area contributed by atoms with Crippen LogP contribution in [0, 0.1) is 0 Å². The maximum absolute atomic E-state index is 4.17. The minimum Gasteiger partial charge on any atom is -0.308 e. The molecule has 2 aromatic heterocycles. The quantitative estimate of drug-likeness (QED) is 0.179. The van der Waals surface area contributed by atoms with Gasteiger partial charge in [-0.15, -0.1) is 0 Å². The lowest BCUT2D eigenvalue weighted by Crippen LogP contribution is -2.01. The topological polar surface area (TPSA) is 9.86 Å². The van der Waals surface area contributed by atoms with E-state index in [0.717, 1.165) is 15.8 Å².